The van der Waals surface area contributed by atoms with Gasteiger partial charge in [0.2, 0.25) is 0 Å². The molecule has 0 atom stereocenters. The maximum absolute atomic E-state index is 12.2. The Labute approximate surface area is 151 Å². The minimum atomic E-state index is -0.138. The number of aromatic nitrogens is 1. The first-order valence-corrected chi connectivity index (χ1v) is 9.21. The fourth-order valence-electron chi connectivity index (χ4n) is 2.94. The van der Waals surface area contributed by atoms with Crippen molar-refractivity contribution in [3.63, 3.8) is 0 Å². The van der Waals surface area contributed by atoms with E-state index in [1.54, 1.807) is 0 Å². The standard InChI is InChI=1S/C21H32N2O2/c1-21(2,3)13-7-6-11-19(24)25-18-10-8-9-17-20(18)16(15-22-17)12-14-23(4)5/h8-10,15,22H,6-7,11-14H2,1-5H3. The molecule has 0 fully saturated rings. The van der Waals surface area contributed by atoms with E-state index in [0.29, 0.717) is 17.6 Å². The highest BCUT2D eigenvalue weighted by atomic mass is 16.5. The predicted molar refractivity (Wildman–Crippen MR) is 104 cm³/mol. The molecule has 25 heavy (non-hydrogen) atoms. The lowest BCUT2D eigenvalue weighted by Crippen LogP contribution is -2.15. The Bertz CT molecular complexity index is 695. The van der Waals surface area contributed by atoms with Crippen molar-refractivity contribution in [3.8, 4) is 5.75 Å². The summed E-state index contributed by atoms with van der Waals surface area (Å²) in [6.07, 6.45) is 6.49. The number of H-pyrrole nitrogens is 1. The van der Waals surface area contributed by atoms with E-state index in [4.69, 9.17) is 4.74 Å². The molecular formula is C21H32N2O2. The largest absolute Gasteiger partial charge is 0.426 e. The van der Waals surface area contributed by atoms with Crippen LogP contribution in [0.2, 0.25) is 0 Å². The van der Waals surface area contributed by atoms with Crippen LogP contribution in [0.25, 0.3) is 10.9 Å². The number of nitrogens with one attached hydrogen (secondary N) is 1. The van der Waals surface area contributed by atoms with Crippen LogP contribution in [0.15, 0.2) is 24.4 Å². The number of hydrogen-bond acceptors (Lipinski definition) is 3. The summed E-state index contributed by atoms with van der Waals surface area (Å²) in [5.41, 5.74) is 2.54. The maximum atomic E-state index is 12.2. The lowest BCUT2D eigenvalue weighted by Gasteiger charge is -2.17. The van der Waals surface area contributed by atoms with Crippen LogP contribution in [0.5, 0.6) is 5.75 Å². The minimum absolute atomic E-state index is 0.138. The summed E-state index contributed by atoms with van der Waals surface area (Å²) in [6, 6.07) is 5.84. The Morgan fingerprint density at radius 1 is 1.20 bits per heavy atom. The molecule has 1 heterocycles. The number of benzene rings is 1. The summed E-state index contributed by atoms with van der Waals surface area (Å²) in [4.78, 5) is 17.7. The van der Waals surface area contributed by atoms with Crippen LogP contribution < -0.4 is 4.74 Å². The van der Waals surface area contributed by atoms with Crippen molar-refractivity contribution in [2.45, 2.75) is 52.9 Å². The zero-order valence-corrected chi connectivity index (χ0v) is 16.3. The Hall–Kier alpha value is -1.81. The van der Waals surface area contributed by atoms with Crippen LogP contribution in [-0.2, 0) is 11.2 Å². The zero-order chi connectivity index (χ0) is 18.4. The van der Waals surface area contributed by atoms with Crippen molar-refractivity contribution in [1.82, 2.24) is 9.88 Å². The molecule has 0 aliphatic carbocycles. The highest BCUT2D eigenvalue weighted by molar-refractivity contribution is 5.91. The van der Waals surface area contributed by atoms with E-state index in [2.05, 4.69) is 44.8 Å². The molecule has 0 saturated heterocycles. The van der Waals surface area contributed by atoms with Gasteiger partial charge in [0, 0.05) is 30.1 Å². The molecule has 2 aromatic rings. The second kappa shape index (κ2) is 8.52. The number of ether oxygens (including phenoxy) is 1. The summed E-state index contributed by atoms with van der Waals surface area (Å²) in [5, 5.41) is 1.03. The normalized spacial score (nSPS) is 12.1. The predicted octanol–water partition coefficient (Wildman–Crippen LogP) is 4.78. The van der Waals surface area contributed by atoms with Crippen molar-refractivity contribution in [1.29, 1.82) is 0 Å². The molecule has 0 aliphatic rings. The number of hydrogen-bond donors (Lipinski definition) is 1. The third-order valence-corrected chi connectivity index (χ3v) is 4.36. The van der Waals surface area contributed by atoms with Gasteiger partial charge in [-0.2, -0.15) is 0 Å². The molecule has 0 saturated carbocycles. The maximum Gasteiger partial charge on any atom is 0.311 e. The average Bonchev–Trinajstić information content (AvgIpc) is 2.93. The second-order valence-electron chi connectivity index (χ2n) is 8.29. The molecule has 138 valence electrons. The summed E-state index contributed by atoms with van der Waals surface area (Å²) in [6.45, 7) is 7.65. The van der Waals surface area contributed by atoms with E-state index in [1.165, 1.54) is 5.56 Å². The van der Waals surface area contributed by atoms with Gasteiger partial charge in [0.25, 0.3) is 0 Å². The molecule has 0 aliphatic heterocycles. The molecule has 2 rings (SSSR count). The number of likely N-dealkylation sites (N-methyl/N-ethyl adjacent to an activating group) is 1. The van der Waals surface area contributed by atoms with E-state index >= 15 is 0 Å². The smallest absolute Gasteiger partial charge is 0.311 e. The van der Waals surface area contributed by atoms with Gasteiger partial charge < -0.3 is 14.6 Å². The molecule has 4 nitrogen and oxygen atoms in total. The SMILES string of the molecule is CN(C)CCc1c[nH]c2cccc(OC(=O)CCCCC(C)(C)C)c12. The number of aromatic amines is 1. The lowest BCUT2D eigenvalue weighted by molar-refractivity contribution is -0.134. The first-order chi connectivity index (χ1) is 11.8. The fourth-order valence-corrected chi connectivity index (χ4v) is 2.94. The summed E-state index contributed by atoms with van der Waals surface area (Å²) < 4.78 is 5.69. The van der Waals surface area contributed by atoms with E-state index < -0.39 is 0 Å². The third-order valence-electron chi connectivity index (χ3n) is 4.36. The molecule has 0 unspecified atom stereocenters. The van der Waals surface area contributed by atoms with E-state index in [9.17, 15) is 4.79 Å². The van der Waals surface area contributed by atoms with Gasteiger partial charge in [0.1, 0.15) is 5.75 Å². The number of carbonyl (C=O) groups excluding carboxylic acids is 1. The number of nitrogens with zero attached hydrogens (tertiary/aromatic N) is 1. The molecular weight excluding hydrogens is 312 g/mol. The van der Waals surface area contributed by atoms with Crippen LogP contribution in [0, 0.1) is 5.41 Å². The summed E-state index contributed by atoms with van der Waals surface area (Å²) in [5.74, 6) is 0.537. The molecule has 4 heteroatoms. The molecule has 0 radical (unpaired) electrons. The Balaban J connectivity index is 2.00. The topological polar surface area (TPSA) is 45.3 Å². The number of carbonyl (C=O) groups is 1. The highest BCUT2D eigenvalue weighted by Crippen LogP contribution is 2.30. The van der Waals surface area contributed by atoms with E-state index in [1.807, 2.05) is 24.4 Å². The molecule has 0 spiro atoms. The van der Waals surface area contributed by atoms with Crippen LogP contribution >= 0.6 is 0 Å². The van der Waals surface area contributed by atoms with Crippen LogP contribution in [0.3, 0.4) is 0 Å². The average molecular weight is 344 g/mol. The summed E-state index contributed by atoms with van der Waals surface area (Å²) >= 11 is 0. The third kappa shape index (κ3) is 6.20. The van der Waals surface area contributed by atoms with Crippen molar-refractivity contribution in [3.05, 3.63) is 30.0 Å². The highest BCUT2D eigenvalue weighted by Gasteiger charge is 2.14. The van der Waals surface area contributed by atoms with Gasteiger partial charge in [-0.15, -0.1) is 0 Å². The first kappa shape index (κ1) is 19.5. The molecule has 1 aromatic carbocycles. The zero-order valence-electron chi connectivity index (χ0n) is 16.3. The molecule has 0 amide bonds. The van der Waals surface area contributed by atoms with Crippen molar-refractivity contribution in [2.24, 2.45) is 5.41 Å². The Morgan fingerprint density at radius 2 is 1.96 bits per heavy atom. The number of rotatable bonds is 8. The van der Waals surface area contributed by atoms with Crippen LogP contribution in [0.1, 0.15) is 52.0 Å². The van der Waals surface area contributed by atoms with Crippen LogP contribution in [-0.4, -0.2) is 36.5 Å². The van der Waals surface area contributed by atoms with Gasteiger partial charge in [0.05, 0.1) is 0 Å². The molecule has 1 N–H and O–H groups in total. The van der Waals surface area contributed by atoms with Gasteiger partial charge in [0.15, 0.2) is 0 Å². The summed E-state index contributed by atoms with van der Waals surface area (Å²) in [7, 11) is 4.13. The quantitative estimate of drug-likeness (QED) is 0.426. The fraction of sp³-hybridized carbons (Fsp3) is 0.571. The molecule has 0 bridgehead atoms. The van der Waals surface area contributed by atoms with Crippen molar-refractivity contribution >= 4 is 16.9 Å². The number of unbranched alkanes of at least 4 members (excludes halogenated alkanes) is 1. The number of fused-ring (bicyclic) bond motifs is 1. The Morgan fingerprint density at radius 3 is 2.64 bits per heavy atom. The number of esters is 1. The van der Waals surface area contributed by atoms with Gasteiger partial charge in [-0.25, -0.2) is 0 Å². The molecule has 1 aromatic heterocycles. The van der Waals surface area contributed by atoms with Gasteiger partial charge >= 0.3 is 5.97 Å². The van der Waals surface area contributed by atoms with E-state index in [0.717, 1.165) is 43.1 Å². The van der Waals surface area contributed by atoms with Gasteiger partial charge in [-0.05, 0) is 56.5 Å². The minimum Gasteiger partial charge on any atom is -0.426 e. The van der Waals surface area contributed by atoms with Gasteiger partial charge in [-0.1, -0.05) is 33.3 Å². The van der Waals surface area contributed by atoms with Crippen molar-refractivity contribution in [2.75, 3.05) is 20.6 Å². The monoisotopic (exact) mass is 344 g/mol. The van der Waals surface area contributed by atoms with Gasteiger partial charge in [-0.3, -0.25) is 4.79 Å². The Kier molecular flexibility index (Phi) is 6.65. The lowest BCUT2D eigenvalue weighted by atomic mass is 9.89. The first-order valence-electron chi connectivity index (χ1n) is 9.21. The second-order valence-corrected chi connectivity index (χ2v) is 8.29. The van der Waals surface area contributed by atoms with Crippen LogP contribution in [0.4, 0.5) is 0 Å². The van der Waals surface area contributed by atoms with Crippen molar-refractivity contribution < 1.29 is 9.53 Å². The van der Waals surface area contributed by atoms with E-state index in [-0.39, 0.29) is 5.97 Å².